The fraction of sp³-hybridized carbons (Fsp3) is 0.176. The summed E-state index contributed by atoms with van der Waals surface area (Å²) in [5.41, 5.74) is 1.43. The molecule has 2 aromatic heterocycles. The van der Waals surface area contributed by atoms with Crippen molar-refractivity contribution >= 4 is 44.9 Å². The highest BCUT2D eigenvalue weighted by atomic mass is 79.9. The van der Waals surface area contributed by atoms with Crippen LogP contribution in [-0.4, -0.2) is 33.0 Å². The van der Waals surface area contributed by atoms with Crippen LogP contribution in [0.2, 0.25) is 0 Å². The maximum Gasteiger partial charge on any atom is 0.230 e. The van der Waals surface area contributed by atoms with Gasteiger partial charge in [0.05, 0.1) is 12.1 Å². The summed E-state index contributed by atoms with van der Waals surface area (Å²) >= 11 is 3.40. The van der Waals surface area contributed by atoms with Gasteiger partial charge in [0.25, 0.3) is 0 Å². The van der Waals surface area contributed by atoms with Crippen molar-refractivity contribution in [3.05, 3.63) is 53.3 Å². The first-order valence-corrected chi connectivity index (χ1v) is 8.56. The van der Waals surface area contributed by atoms with Crippen molar-refractivity contribution in [2.75, 3.05) is 16.8 Å². The Morgan fingerprint density at radius 3 is 2.96 bits per heavy atom. The molecule has 1 aromatic carbocycles. The number of benzene rings is 1. The predicted octanol–water partition coefficient (Wildman–Crippen LogP) is 2.48. The minimum atomic E-state index is -0.412. The Morgan fingerprint density at radius 2 is 2.12 bits per heavy atom. The van der Waals surface area contributed by atoms with Crippen LogP contribution in [-0.2, 0) is 9.59 Å². The van der Waals surface area contributed by atoms with E-state index in [2.05, 4.69) is 31.3 Å². The molecule has 2 amide bonds. The number of aromatic nitrogens is 3. The predicted molar refractivity (Wildman–Crippen MR) is 96.2 cm³/mol. The molecule has 8 heteroatoms. The number of anilines is 2. The molecule has 3 heterocycles. The molecule has 1 aliphatic rings. The Morgan fingerprint density at radius 1 is 1.24 bits per heavy atom. The molecular weight excluding hydrogens is 386 g/mol. The maximum atomic E-state index is 12.6. The number of nitrogens with zero attached hydrogens (tertiary/aromatic N) is 4. The molecule has 1 fully saturated rings. The van der Waals surface area contributed by atoms with Crippen LogP contribution in [0.5, 0.6) is 0 Å². The zero-order chi connectivity index (χ0) is 17.4. The summed E-state index contributed by atoms with van der Waals surface area (Å²) in [5, 5.41) is 6.99. The van der Waals surface area contributed by atoms with Crippen molar-refractivity contribution in [1.29, 1.82) is 0 Å². The van der Waals surface area contributed by atoms with Gasteiger partial charge in [0.2, 0.25) is 11.8 Å². The number of hydrogen-bond acceptors (Lipinski definition) is 4. The molecule has 1 aliphatic heterocycles. The molecule has 0 spiro atoms. The summed E-state index contributed by atoms with van der Waals surface area (Å²) in [5.74, 6) is -0.135. The van der Waals surface area contributed by atoms with Crippen molar-refractivity contribution in [2.45, 2.75) is 6.42 Å². The number of amides is 2. The fourth-order valence-electron chi connectivity index (χ4n) is 2.93. The molecular formula is C17H14BrN5O2. The summed E-state index contributed by atoms with van der Waals surface area (Å²) in [4.78, 5) is 30.7. The van der Waals surface area contributed by atoms with Crippen molar-refractivity contribution in [2.24, 2.45) is 5.92 Å². The van der Waals surface area contributed by atoms with Crippen LogP contribution in [0.1, 0.15) is 6.42 Å². The van der Waals surface area contributed by atoms with Gasteiger partial charge < -0.3 is 10.2 Å². The number of halogens is 1. The Balaban J connectivity index is 1.52. The Labute approximate surface area is 151 Å². The highest BCUT2D eigenvalue weighted by Crippen LogP contribution is 2.28. The minimum Gasteiger partial charge on any atom is -0.312 e. The molecule has 1 unspecified atom stereocenters. The van der Waals surface area contributed by atoms with Gasteiger partial charge >= 0.3 is 0 Å². The van der Waals surface area contributed by atoms with Gasteiger partial charge in [0.1, 0.15) is 5.82 Å². The van der Waals surface area contributed by atoms with E-state index in [9.17, 15) is 9.59 Å². The lowest BCUT2D eigenvalue weighted by molar-refractivity contribution is -0.122. The van der Waals surface area contributed by atoms with Gasteiger partial charge in [-0.05, 0) is 24.3 Å². The Kier molecular flexibility index (Phi) is 3.96. The van der Waals surface area contributed by atoms with E-state index in [0.29, 0.717) is 18.0 Å². The highest BCUT2D eigenvalue weighted by Gasteiger charge is 2.35. The molecule has 7 nitrogen and oxygen atoms in total. The second-order valence-corrected chi connectivity index (χ2v) is 6.72. The van der Waals surface area contributed by atoms with Crippen LogP contribution >= 0.6 is 15.9 Å². The van der Waals surface area contributed by atoms with Gasteiger partial charge in [0.15, 0.2) is 5.65 Å². The molecule has 25 heavy (non-hydrogen) atoms. The standard InChI is InChI=1S/C17H14BrN5O2/c18-12-2-1-3-13(9-12)22-10-11(8-16(22)24)17(25)21-15-4-6-19-14-5-7-20-23(14)15/h1-7,9,11H,8,10H2,(H,21,25). The molecule has 1 N–H and O–H groups in total. The van der Waals surface area contributed by atoms with Crippen LogP contribution < -0.4 is 10.2 Å². The van der Waals surface area contributed by atoms with Crippen LogP contribution in [0.15, 0.2) is 53.3 Å². The van der Waals surface area contributed by atoms with E-state index in [-0.39, 0.29) is 18.2 Å². The molecule has 4 rings (SSSR count). The third-order valence-electron chi connectivity index (χ3n) is 4.16. The van der Waals surface area contributed by atoms with Gasteiger partial charge in [-0.3, -0.25) is 9.59 Å². The molecule has 1 saturated heterocycles. The Bertz CT molecular complexity index is 970. The number of nitrogens with one attached hydrogen (secondary N) is 1. The van der Waals surface area contributed by atoms with Crippen molar-refractivity contribution in [3.63, 3.8) is 0 Å². The van der Waals surface area contributed by atoms with Crippen LogP contribution in [0.25, 0.3) is 5.65 Å². The molecule has 0 radical (unpaired) electrons. The first kappa shape index (κ1) is 15.8. The van der Waals surface area contributed by atoms with E-state index in [1.165, 1.54) is 0 Å². The molecule has 0 bridgehead atoms. The van der Waals surface area contributed by atoms with Crippen molar-refractivity contribution in [3.8, 4) is 0 Å². The third-order valence-corrected chi connectivity index (χ3v) is 4.65. The zero-order valence-electron chi connectivity index (χ0n) is 13.1. The van der Waals surface area contributed by atoms with E-state index >= 15 is 0 Å². The van der Waals surface area contributed by atoms with E-state index in [1.807, 2.05) is 24.3 Å². The smallest absolute Gasteiger partial charge is 0.230 e. The molecule has 0 saturated carbocycles. The first-order chi connectivity index (χ1) is 12.1. The van der Waals surface area contributed by atoms with Crippen molar-refractivity contribution < 1.29 is 9.59 Å². The lowest BCUT2D eigenvalue weighted by atomic mass is 10.1. The maximum absolute atomic E-state index is 12.6. The normalized spacial score (nSPS) is 17.2. The fourth-order valence-corrected chi connectivity index (χ4v) is 3.32. The quantitative estimate of drug-likeness (QED) is 0.733. The highest BCUT2D eigenvalue weighted by molar-refractivity contribution is 9.10. The summed E-state index contributed by atoms with van der Waals surface area (Å²) in [6, 6.07) is 10.9. The number of hydrogen-bond donors (Lipinski definition) is 1. The molecule has 1 atom stereocenters. The van der Waals surface area contributed by atoms with Gasteiger partial charge in [-0.25, -0.2) is 4.98 Å². The number of carbonyl (C=O) groups excluding carboxylic acids is 2. The van der Waals surface area contributed by atoms with Crippen molar-refractivity contribution in [1.82, 2.24) is 14.6 Å². The van der Waals surface area contributed by atoms with Gasteiger partial charge in [-0.15, -0.1) is 0 Å². The van der Waals surface area contributed by atoms with E-state index in [4.69, 9.17) is 0 Å². The van der Waals surface area contributed by atoms with E-state index < -0.39 is 5.92 Å². The lowest BCUT2D eigenvalue weighted by Crippen LogP contribution is -2.28. The van der Waals surface area contributed by atoms with Crippen LogP contribution in [0, 0.1) is 5.92 Å². The number of rotatable bonds is 3. The second-order valence-electron chi connectivity index (χ2n) is 5.81. The first-order valence-electron chi connectivity index (χ1n) is 7.77. The largest absolute Gasteiger partial charge is 0.312 e. The van der Waals surface area contributed by atoms with Crippen LogP contribution in [0.3, 0.4) is 0 Å². The average Bonchev–Trinajstić information content (AvgIpc) is 3.22. The monoisotopic (exact) mass is 399 g/mol. The second kappa shape index (κ2) is 6.29. The van der Waals surface area contributed by atoms with E-state index in [1.54, 1.807) is 33.9 Å². The molecule has 126 valence electrons. The van der Waals surface area contributed by atoms with Gasteiger partial charge in [0, 0.05) is 35.4 Å². The minimum absolute atomic E-state index is 0.0581. The van der Waals surface area contributed by atoms with E-state index in [0.717, 1.165) is 10.2 Å². The number of fused-ring (bicyclic) bond motifs is 1. The zero-order valence-corrected chi connectivity index (χ0v) is 14.7. The third kappa shape index (κ3) is 3.00. The lowest BCUT2D eigenvalue weighted by Gasteiger charge is -2.17. The summed E-state index contributed by atoms with van der Waals surface area (Å²) < 4.78 is 2.45. The SMILES string of the molecule is O=C(Nc1ccnc2ccnn12)C1CC(=O)N(c2cccc(Br)c2)C1. The van der Waals surface area contributed by atoms with Gasteiger partial charge in [-0.2, -0.15) is 9.61 Å². The summed E-state index contributed by atoms with van der Waals surface area (Å²) in [7, 11) is 0. The summed E-state index contributed by atoms with van der Waals surface area (Å²) in [6.07, 6.45) is 3.41. The molecule has 3 aromatic rings. The molecule has 0 aliphatic carbocycles. The van der Waals surface area contributed by atoms with Gasteiger partial charge in [-0.1, -0.05) is 22.0 Å². The Hall–Kier alpha value is -2.74. The van der Waals surface area contributed by atoms with Crippen LogP contribution in [0.4, 0.5) is 11.5 Å². The average molecular weight is 400 g/mol. The summed E-state index contributed by atoms with van der Waals surface area (Å²) in [6.45, 7) is 0.356. The number of carbonyl (C=O) groups is 2. The topological polar surface area (TPSA) is 79.6 Å².